The molecule has 0 radical (unpaired) electrons. The van der Waals surface area contributed by atoms with Crippen molar-refractivity contribution in [1.29, 1.82) is 0 Å². The minimum atomic E-state index is -1.94. The van der Waals surface area contributed by atoms with Crippen LogP contribution >= 0.6 is 11.6 Å². The van der Waals surface area contributed by atoms with Crippen LogP contribution in [-0.4, -0.2) is 34.1 Å². The first kappa shape index (κ1) is 22.9. The highest BCUT2D eigenvalue weighted by Gasteiger charge is 2.43. The molecule has 154 valence electrons. The zero-order valence-corrected chi connectivity index (χ0v) is 17.0. The number of carboxylic acids is 2. The van der Waals surface area contributed by atoms with Crippen LogP contribution < -0.4 is 0 Å². The van der Waals surface area contributed by atoms with Crippen LogP contribution in [0.4, 0.5) is 4.39 Å². The summed E-state index contributed by atoms with van der Waals surface area (Å²) < 4.78 is 14.0. The van der Waals surface area contributed by atoms with Crippen molar-refractivity contribution in [2.24, 2.45) is 11.3 Å². The minimum Gasteiger partial charge on any atom is -0.480 e. The van der Waals surface area contributed by atoms with Crippen LogP contribution in [0.25, 0.3) is 11.1 Å². The van der Waals surface area contributed by atoms with E-state index in [0.29, 0.717) is 22.6 Å². The van der Waals surface area contributed by atoms with E-state index >= 15 is 0 Å². The summed E-state index contributed by atoms with van der Waals surface area (Å²) in [5.41, 5.74) is -0.0979. The van der Waals surface area contributed by atoms with Gasteiger partial charge in [0.25, 0.3) is 6.92 Å². The van der Waals surface area contributed by atoms with E-state index in [0.717, 1.165) is 5.56 Å². The van der Waals surface area contributed by atoms with Gasteiger partial charge in [-0.05, 0) is 61.3 Å². The number of aliphatic carboxylic acids is 2. The van der Waals surface area contributed by atoms with Gasteiger partial charge in [-0.1, -0.05) is 42.7 Å². The van der Waals surface area contributed by atoms with E-state index in [2.05, 4.69) is 0 Å². The fraction of sp³-hybridized carbons (Fsp3) is 0.333. The summed E-state index contributed by atoms with van der Waals surface area (Å²) in [7, 11) is 0. The third-order valence-electron chi connectivity index (χ3n) is 5.03. The molecule has 0 amide bonds. The van der Waals surface area contributed by atoms with E-state index in [1.807, 2.05) is 0 Å². The van der Waals surface area contributed by atoms with Gasteiger partial charge in [0.05, 0.1) is 0 Å². The molecule has 0 bridgehead atoms. The van der Waals surface area contributed by atoms with Crippen molar-refractivity contribution in [3.8, 4) is 11.1 Å². The molecule has 2 rings (SSSR count). The first-order valence-corrected chi connectivity index (χ1v) is 9.60. The zero-order chi connectivity index (χ0) is 21.8. The standard InChI is InChI=1S/C21H23BClFO5/c1-21(19(25)26,20(27)28)11-14(12-22(2)29)9-13-3-5-15(6-4-13)17-10-16(23)7-8-18(17)24/h3-8,10,14,29H,9,11-12H2,1-2H3,(H,25,26)(H,27,28)/t14-/m1/s1. The van der Waals surface area contributed by atoms with Gasteiger partial charge in [-0.3, -0.25) is 9.59 Å². The lowest BCUT2D eigenvalue weighted by atomic mass is 9.60. The summed E-state index contributed by atoms with van der Waals surface area (Å²) in [6, 6.07) is 11.3. The molecular formula is C21H23BClFO5. The molecule has 0 spiro atoms. The van der Waals surface area contributed by atoms with Gasteiger partial charge in [0.15, 0.2) is 5.41 Å². The molecule has 0 saturated carbocycles. The third kappa shape index (κ3) is 5.81. The number of benzene rings is 2. The molecule has 0 fully saturated rings. The van der Waals surface area contributed by atoms with Crippen molar-refractivity contribution >= 4 is 30.5 Å². The van der Waals surface area contributed by atoms with Crippen LogP contribution in [0, 0.1) is 17.2 Å². The molecule has 0 aliphatic heterocycles. The second-order valence-electron chi connectivity index (χ2n) is 7.62. The topological polar surface area (TPSA) is 94.8 Å². The highest BCUT2D eigenvalue weighted by atomic mass is 35.5. The Morgan fingerprint density at radius 1 is 1.14 bits per heavy atom. The predicted molar refractivity (Wildman–Crippen MR) is 111 cm³/mol. The van der Waals surface area contributed by atoms with Gasteiger partial charge in [0.1, 0.15) is 5.82 Å². The Labute approximate surface area is 174 Å². The molecule has 5 nitrogen and oxygen atoms in total. The number of carbonyl (C=O) groups is 2. The normalized spacial score (nSPS) is 12.4. The smallest absolute Gasteiger partial charge is 0.320 e. The van der Waals surface area contributed by atoms with Gasteiger partial charge in [-0.15, -0.1) is 0 Å². The molecule has 0 aliphatic carbocycles. The number of hydrogen-bond acceptors (Lipinski definition) is 3. The summed E-state index contributed by atoms with van der Waals surface area (Å²) in [5, 5.41) is 28.9. The Kier molecular flexibility index (Phi) is 7.44. The van der Waals surface area contributed by atoms with E-state index in [4.69, 9.17) is 11.6 Å². The molecule has 1 atom stereocenters. The summed E-state index contributed by atoms with van der Waals surface area (Å²) in [5.74, 6) is -3.58. The second-order valence-corrected chi connectivity index (χ2v) is 8.06. The first-order chi connectivity index (χ1) is 13.5. The molecule has 0 saturated heterocycles. The fourth-order valence-electron chi connectivity index (χ4n) is 3.44. The van der Waals surface area contributed by atoms with Crippen LogP contribution in [0.5, 0.6) is 0 Å². The van der Waals surface area contributed by atoms with Crippen molar-refractivity contribution in [2.75, 3.05) is 0 Å². The minimum absolute atomic E-state index is 0.118. The van der Waals surface area contributed by atoms with E-state index < -0.39 is 30.1 Å². The Bertz CT molecular complexity index is 871. The van der Waals surface area contributed by atoms with Crippen LogP contribution in [0.3, 0.4) is 0 Å². The summed E-state index contributed by atoms with van der Waals surface area (Å²) >= 11 is 5.94. The largest absolute Gasteiger partial charge is 0.480 e. The molecule has 29 heavy (non-hydrogen) atoms. The van der Waals surface area contributed by atoms with Gasteiger partial charge in [-0.2, -0.15) is 0 Å². The molecule has 8 heteroatoms. The molecule has 2 aromatic carbocycles. The van der Waals surface area contributed by atoms with Gasteiger partial charge >= 0.3 is 11.9 Å². The zero-order valence-electron chi connectivity index (χ0n) is 16.2. The van der Waals surface area contributed by atoms with Gasteiger partial charge in [-0.25, -0.2) is 4.39 Å². The Morgan fingerprint density at radius 3 is 2.24 bits per heavy atom. The van der Waals surface area contributed by atoms with Crippen molar-refractivity contribution in [1.82, 2.24) is 0 Å². The monoisotopic (exact) mass is 420 g/mol. The van der Waals surface area contributed by atoms with Crippen molar-refractivity contribution in [3.05, 3.63) is 58.9 Å². The fourth-order valence-corrected chi connectivity index (χ4v) is 3.61. The van der Waals surface area contributed by atoms with E-state index in [9.17, 15) is 29.2 Å². The molecular weight excluding hydrogens is 397 g/mol. The van der Waals surface area contributed by atoms with Crippen molar-refractivity contribution in [3.63, 3.8) is 0 Å². The first-order valence-electron chi connectivity index (χ1n) is 9.22. The van der Waals surface area contributed by atoms with Crippen LogP contribution in [-0.2, 0) is 16.0 Å². The lowest BCUT2D eigenvalue weighted by Crippen LogP contribution is -2.39. The van der Waals surface area contributed by atoms with Crippen molar-refractivity contribution in [2.45, 2.75) is 32.9 Å². The Balaban J connectivity index is 2.24. The molecule has 0 aliphatic rings. The van der Waals surface area contributed by atoms with Crippen LogP contribution in [0.2, 0.25) is 18.2 Å². The number of carboxylic acid groups (broad SMARTS) is 2. The summed E-state index contributed by atoms with van der Waals surface area (Å²) in [4.78, 5) is 23.0. The quantitative estimate of drug-likeness (QED) is 0.410. The maximum atomic E-state index is 14.0. The number of halogens is 2. The van der Waals surface area contributed by atoms with Gasteiger partial charge < -0.3 is 15.2 Å². The SMILES string of the molecule is CB(O)C[C@H](Cc1ccc(-c2cc(Cl)ccc2F)cc1)CC(C)(C(=O)O)C(=O)O. The third-order valence-corrected chi connectivity index (χ3v) is 5.27. The molecule has 0 aromatic heterocycles. The average Bonchev–Trinajstić information content (AvgIpc) is 2.63. The molecule has 0 unspecified atom stereocenters. The average molecular weight is 421 g/mol. The lowest BCUT2D eigenvalue weighted by Gasteiger charge is -2.26. The van der Waals surface area contributed by atoms with Crippen LogP contribution in [0.15, 0.2) is 42.5 Å². The van der Waals surface area contributed by atoms with Crippen LogP contribution in [0.1, 0.15) is 18.9 Å². The number of hydrogen-bond donors (Lipinski definition) is 3. The molecule has 3 N–H and O–H groups in total. The van der Waals surface area contributed by atoms with E-state index in [-0.39, 0.29) is 18.7 Å². The highest BCUT2D eigenvalue weighted by molar-refractivity contribution is 6.48. The molecule has 0 heterocycles. The summed E-state index contributed by atoms with van der Waals surface area (Å²) in [6.45, 7) is 2.06. The van der Waals surface area contributed by atoms with Gasteiger partial charge in [0.2, 0.25) is 0 Å². The summed E-state index contributed by atoms with van der Waals surface area (Å²) in [6.07, 6.45) is 0.535. The Morgan fingerprint density at radius 2 is 1.72 bits per heavy atom. The lowest BCUT2D eigenvalue weighted by molar-refractivity contribution is -0.164. The number of rotatable bonds is 9. The maximum Gasteiger partial charge on any atom is 0.320 e. The van der Waals surface area contributed by atoms with Gasteiger partial charge in [0, 0.05) is 10.6 Å². The highest BCUT2D eigenvalue weighted by Crippen LogP contribution is 2.32. The van der Waals surface area contributed by atoms with E-state index in [1.165, 1.54) is 25.1 Å². The Hall–Kier alpha value is -2.38. The van der Waals surface area contributed by atoms with E-state index in [1.54, 1.807) is 31.1 Å². The second kappa shape index (κ2) is 9.42. The maximum absolute atomic E-state index is 14.0. The molecule has 2 aromatic rings. The van der Waals surface area contributed by atoms with Crippen molar-refractivity contribution < 1.29 is 29.2 Å². The predicted octanol–water partition coefficient (Wildman–Crippen LogP) is 4.48.